The molecule has 0 saturated heterocycles. The van der Waals surface area contributed by atoms with Crippen LogP contribution in [0.25, 0.3) is 0 Å². The van der Waals surface area contributed by atoms with E-state index in [2.05, 4.69) is 23.5 Å². The lowest BCUT2D eigenvalue weighted by Gasteiger charge is -2.29. The monoisotopic (exact) mass is 368 g/mol. The standard InChI is InChI=1S/C21H24N2O2S/c1-2-21(25)23-12-10-16-8-9-18(14-17(16)15-23)22-20(24)11-13-26-19-6-4-3-5-7-19/h3-9,14H,2,10-13,15H2,1H3,(H,22,24). The highest BCUT2D eigenvalue weighted by molar-refractivity contribution is 7.99. The van der Waals surface area contributed by atoms with E-state index in [1.165, 1.54) is 10.5 Å². The lowest BCUT2D eigenvalue weighted by Crippen LogP contribution is -2.35. The van der Waals surface area contributed by atoms with Gasteiger partial charge in [0.25, 0.3) is 0 Å². The van der Waals surface area contributed by atoms with Gasteiger partial charge >= 0.3 is 0 Å². The highest BCUT2D eigenvalue weighted by Gasteiger charge is 2.19. The Morgan fingerprint density at radius 2 is 1.92 bits per heavy atom. The van der Waals surface area contributed by atoms with Crippen LogP contribution in [0.3, 0.4) is 0 Å². The summed E-state index contributed by atoms with van der Waals surface area (Å²) in [4.78, 5) is 27.2. The van der Waals surface area contributed by atoms with E-state index in [1.807, 2.05) is 42.2 Å². The van der Waals surface area contributed by atoms with Crippen molar-refractivity contribution < 1.29 is 9.59 Å². The lowest BCUT2D eigenvalue weighted by molar-refractivity contribution is -0.131. The Bertz CT molecular complexity index is 777. The van der Waals surface area contributed by atoms with Crippen LogP contribution in [0.4, 0.5) is 5.69 Å². The first-order valence-corrected chi connectivity index (χ1v) is 10.0. The molecule has 5 heteroatoms. The molecular weight excluding hydrogens is 344 g/mol. The smallest absolute Gasteiger partial charge is 0.225 e. The van der Waals surface area contributed by atoms with Gasteiger partial charge in [-0.05, 0) is 41.8 Å². The maximum absolute atomic E-state index is 12.2. The van der Waals surface area contributed by atoms with Crippen molar-refractivity contribution in [3.05, 3.63) is 59.7 Å². The van der Waals surface area contributed by atoms with Crippen molar-refractivity contribution >= 4 is 29.3 Å². The van der Waals surface area contributed by atoms with Gasteiger partial charge in [-0.2, -0.15) is 0 Å². The molecule has 0 atom stereocenters. The minimum absolute atomic E-state index is 0.0191. The largest absolute Gasteiger partial charge is 0.338 e. The second-order valence-electron chi connectivity index (χ2n) is 6.36. The van der Waals surface area contributed by atoms with Gasteiger partial charge in [-0.15, -0.1) is 11.8 Å². The van der Waals surface area contributed by atoms with E-state index < -0.39 is 0 Å². The topological polar surface area (TPSA) is 49.4 Å². The van der Waals surface area contributed by atoms with Crippen molar-refractivity contribution in [2.45, 2.75) is 37.6 Å². The van der Waals surface area contributed by atoms with Crippen LogP contribution < -0.4 is 5.32 Å². The van der Waals surface area contributed by atoms with Gasteiger partial charge in [0, 0.05) is 42.3 Å². The van der Waals surface area contributed by atoms with Gasteiger partial charge in [-0.3, -0.25) is 9.59 Å². The third-order valence-corrected chi connectivity index (χ3v) is 5.51. The van der Waals surface area contributed by atoms with Gasteiger partial charge < -0.3 is 10.2 Å². The Balaban J connectivity index is 1.53. The van der Waals surface area contributed by atoms with E-state index in [4.69, 9.17) is 0 Å². The molecule has 0 radical (unpaired) electrons. The first-order valence-electron chi connectivity index (χ1n) is 9.03. The molecule has 0 saturated carbocycles. The van der Waals surface area contributed by atoms with Gasteiger partial charge in [0.05, 0.1) is 0 Å². The summed E-state index contributed by atoms with van der Waals surface area (Å²) in [5.41, 5.74) is 3.21. The summed E-state index contributed by atoms with van der Waals surface area (Å²) in [6, 6.07) is 16.1. The molecule has 0 aliphatic carbocycles. The molecule has 1 heterocycles. The van der Waals surface area contributed by atoms with Gasteiger partial charge in [0.1, 0.15) is 0 Å². The maximum Gasteiger partial charge on any atom is 0.225 e. The number of carbonyl (C=O) groups excluding carboxylic acids is 2. The first-order chi connectivity index (χ1) is 12.7. The minimum Gasteiger partial charge on any atom is -0.338 e. The van der Waals surface area contributed by atoms with E-state index in [0.29, 0.717) is 19.4 Å². The number of amides is 2. The van der Waals surface area contributed by atoms with E-state index >= 15 is 0 Å². The van der Waals surface area contributed by atoms with Crippen molar-refractivity contribution in [3.8, 4) is 0 Å². The van der Waals surface area contributed by atoms with E-state index in [0.717, 1.165) is 30.0 Å². The predicted molar refractivity (Wildman–Crippen MR) is 106 cm³/mol. The highest BCUT2D eigenvalue weighted by atomic mass is 32.2. The quantitative estimate of drug-likeness (QED) is 0.781. The molecule has 0 fully saturated rings. The molecule has 2 amide bonds. The molecule has 136 valence electrons. The van der Waals surface area contributed by atoms with Crippen LogP contribution in [0.1, 0.15) is 30.9 Å². The van der Waals surface area contributed by atoms with Crippen LogP contribution in [0.15, 0.2) is 53.4 Å². The summed E-state index contributed by atoms with van der Waals surface area (Å²) in [6.07, 6.45) is 1.88. The summed E-state index contributed by atoms with van der Waals surface area (Å²) in [7, 11) is 0. The number of thioether (sulfide) groups is 1. The maximum atomic E-state index is 12.2. The number of benzene rings is 2. The Labute approximate surface area is 159 Å². The third-order valence-electron chi connectivity index (χ3n) is 4.50. The summed E-state index contributed by atoms with van der Waals surface area (Å²) in [6.45, 7) is 3.31. The summed E-state index contributed by atoms with van der Waals surface area (Å²) < 4.78 is 0. The number of hydrogen-bond donors (Lipinski definition) is 1. The van der Waals surface area contributed by atoms with Crippen LogP contribution in [0.2, 0.25) is 0 Å². The number of hydrogen-bond acceptors (Lipinski definition) is 3. The van der Waals surface area contributed by atoms with E-state index in [9.17, 15) is 9.59 Å². The van der Waals surface area contributed by atoms with Gasteiger partial charge in [0.15, 0.2) is 0 Å². The number of rotatable bonds is 6. The molecule has 1 aliphatic rings. The SMILES string of the molecule is CCC(=O)N1CCc2ccc(NC(=O)CCSc3ccccc3)cc2C1. The molecule has 2 aromatic rings. The average molecular weight is 369 g/mol. The summed E-state index contributed by atoms with van der Waals surface area (Å²) in [5.74, 6) is 0.952. The zero-order valence-electron chi connectivity index (χ0n) is 15.0. The zero-order chi connectivity index (χ0) is 18.4. The van der Waals surface area contributed by atoms with Gasteiger partial charge in [-0.1, -0.05) is 31.2 Å². The molecule has 2 aromatic carbocycles. The molecule has 0 bridgehead atoms. The molecule has 0 spiro atoms. The molecular formula is C21H24N2O2S. The van der Waals surface area contributed by atoms with Gasteiger partial charge in [0.2, 0.25) is 11.8 Å². The molecule has 1 aliphatic heterocycles. The number of nitrogens with one attached hydrogen (secondary N) is 1. The molecule has 0 aromatic heterocycles. The minimum atomic E-state index is 0.0191. The van der Waals surface area contributed by atoms with E-state index in [1.54, 1.807) is 11.8 Å². The Morgan fingerprint density at radius 3 is 2.69 bits per heavy atom. The van der Waals surface area contributed by atoms with Crippen LogP contribution in [0.5, 0.6) is 0 Å². The predicted octanol–water partition coefficient (Wildman–Crippen LogP) is 4.10. The van der Waals surface area contributed by atoms with Crippen molar-refractivity contribution in [3.63, 3.8) is 0 Å². The fraction of sp³-hybridized carbons (Fsp3) is 0.333. The Kier molecular flexibility index (Phi) is 6.34. The molecule has 0 unspecified atom stereocenters. The highest BCUT2D eigenvalue weighted by Crippen LogP contribution is 2.24. The third kappa shape index (κ3) is 4.88. The Morgan fingerprint density at radius 1 is 1.12 bits per heavy atom. The average Bonchev–Trinajstić information content (AvgIpc) is 2.67. The molecule has 4 nitrogen and oxygen atoms in total. The fourth-order valence-corrected chi connectivity index (χ4v) is 3.95. The van der Waals surface area contributed by atoms with Crippen molar-refractivity contribution in [1.29, 1.82) is 0 Å². The second kappa shape index (κ2) is 8.90. The van der Waals surface area contributed by atoms with Crippen LogP contribution in [-0.2, 0) is 22.6 Å². The van der Waals surface area contributed by atoms with Crippen LogP contribution >= 0.6 is 11.8 Å². The molecule has 26 heavy (non-hydrogen) atoms. The Hall–Kier alpha value is -2.27. The summed E-state index contributed by atoms with van der Waals surface area (Å²) >= 11 is 1.68. The van der Waals surface area contributed by atoms with Crippen molar-refractivity contribution in [1.82, 2.24) is 4.90 Å². The van der Waals surface area contributed by atoms with Crippen molar-refractivity contribution in [2.24, 2.45) is 0 Å². The number of nitrogens with zero attached hydrogens (tertiary/aromatic N) is 1. The van der Waals surface area contributed by atoms with Gasteiger partial charge in [-0.25, -0.2) is 0 Å². The molecule has 3 rings (SSSR count). The van der Waals surface area contributed by atoms with Crippen LogP contribution in [0, 0.1) is 0 Å². The first kappa shape index (κ1) is 18.5. The lowest BCUT2D eigenvalue weighted by atomic mass is 9.99. The number of carbonyl (C=O) groups is 2. The zero-order valence-corrected chi connectivity index (χ0v) is 15.8. The fourth-order valence-electron chi connectivity index (χ4n) is 3.07. The molecule has 1 N–H and O–H groups in total. The number of fused-ring (bicyclic) bond motifs is 1. The van der Waals surface area contributed by atoms with Crippen LogP contribution in [-0.4, -0.2) is 29.0 Å². The summed E-state index contributed by atoms with van der Waals surface area (Å²) in [5, 5.41) is 2.98. The van der Waals surface area contributed by atoms with E-state index in [-0.39, 0.29) is 11.8 Å². The number of anilines is 1. The van der Waals surface area contributed by atoms with Crippen molar-refractivity contribution in [2.75, 3.05) is 17.6 Å². The normalized spacial score (nSPS) is 13.2. The second-order valence-corrected chi connectivity index (χ2v) is 7.53.